The predicted octanol–water partition coefficient (Wildman–Crippen LogP) is 3.99. The van der Waals surface area contributed by atoms with Gasteiger partial charge in [0.2, 0.25) is 0 Å². The Morgan fingerprint density at radius 3 is 2.46 bits per heavy atom. The van der Waals surface area contributed by atoms with Crippen molar-refractivity contribution in [2.45, 2.75) is 12.5 Å². The average molecular weight is 349 g/mol. The molecule has 1 aliphatic heterocycles. The molecule has 132 valence electrons. The molecular weight excluding hydrogens is 330 g/mol. The van der Waals surface area contributed by atoms with Crippen LogP contribution in [0.1, 0.15) is 17.0 Å². The molecule has 3 aromatic carbocycles. The number of rotatable bonds is 4. The van der Waals surface area contributed by atoms with Crippen LogP contribution in [0.2, 0.25) is 0 Å². The maximum Gasteiger partial charge on any atom is 0.411 e. The molecule has 0 aromatic heterocycles. The van der Waals surface area contributed by atoms with Gasteiger partial charge in [0.15, 0.2) is 0 Å². The fourth-order valence-electron chi connectivity index (χ4n) is 3.60. The van der Waals surface area contributed by atoms with Crippen LogP contribution in [-0.2, 0) is 6.61 Å². The minimum atomic E-state index is -1.02. The average Bonchev–Trinajstić information content (AvgIpc) is 3.06. The fourth-order valence-corrected chi connectivity index (χ4v) is 3.60. The van der Waals surface area contributed by atoms with E-state index in [0.717, 1.165) is 21.9 Å². The summed E-state index contributed by atoms with van der Waals surface area (Å²) in [6.45, 7) is 0.568. The predicted molar refractivity (Wildman–Crippen MR) is 99.9 cm³/mol. The Balaban J connectivity index is 1.81. The molecule has 0 radical (unpaired) electrons. The second kappa shape index (κ2) is 6.69. The highest BCUT2D eigenvalue weighted by Crippen LogP contribution is 2.45. The standard InChI is InChI=1S/C21H19NO4/c23-12-15-11-22(21(24)25)18-10-19(26-13-14-6-2-1-3-7-14)16-8-4-5-9-17(16)20(15)18/h1-10,15,23H,11-13H2,(H,24,25)/t15-/m0/s1. The summed E-state index contributed by atoms with van der Waals surface area (Å²) in [6.07, 6.45) is -1.02. The van der Waals surface area contributed by atoms with E-state index in [1.54, 1.807) is 6.07 Å². The summed E-state index contributed by atoms with van der Waals surface area (Å²) in [4.78, 5) is 12.9. The van der Waals surface area contributed by atoms with Gasteiger partial charge < -0.3 is 14.9 Å². The molecule has 1 heterocycles. The molecule has 3 aromatic rings. The Kier molecular flexibility index (Phi) is 4.22. The molecule has 0 saturated heterocycles. The van der Waals surface area contributed by atoms with E-state index in [2.05, 4.69) is 0 Å². The first-order valence-electron chi connectivity index (χ1n) is 8.52. The van der Waals surface area contributed by atoms with Gasteiger partial charge in [0, 0.05) is 23.9 Å². The number of amides is 1. The normalized spacial score (nSPS) is 15.9. The third kappa shape index (κ3) is 2.76. The van der Waals surface area contributed by atoms with E-state index in [1.807, 2.05) is 54.6 Å². The molecule has 0 aliphatic carbocycles. The Morgan fingerprint density at radius 1 is 1.08 bits per heavy atom. The monoisotopic (exact) mass is 349 g/mol. The van der Waals surface area contributed by atoms with Gasteiger partial charge in [-0.1, -0.05) is 54.6 Å². The number of fused-ring (bicyclic) bond motifs is 3. The third-order valence-corrected chi connectivity index (χ3v) is 4.82. The molecule has 0 bridgehead atoms. The van der Waals surface area contributed by atoms with Gasteiger partial charge in [0.25, 0.3) is 0 Å². The van der Waals surface area contributed by atoms with Gasteiger partial charge in [-0.25, -0.2) is 4.79 Å². The molecular formula is C21H19NO4. The Labute approximate surface area is 151 Å². The molecule has 2 N–H and O–H groups in total. The SMILES string of the molecule is O=C(O)N1C[C@@H](CO)c2c1cc(OCc1ccccc1)c1ccccc21. The van der Waals surface area contributed by atoms with Gasteiger partial charge >= 0.3 is 6.09 Å². The lowest BCUT2D eigenvalue weighted by atomic mass is 9.95. The summed E-state index contributed by atoms with van der Waals surface area (Å²) in [5.41, 5.74) is 2.51. The van der Waals surface area contributed by atoms with Crippen molar-refractivity contribution in [2.75, 3.05) is 18.1 Å². The number of ether oxygens (including phenoxy) is 1. The Hall–Kier alpha value is -3.05. The lowest BCUT2D eigenvalue weighted by Gasteiger charge is -2.17. The highest BCUT2D eigenvalue weighted by Gasteiger charge is 2.34. The molecule has 0 spiro atoms. The largest absolute Gasteiger partial charge is 0.488 e. The molecule has 0 saturated carbocycles. The number of aliphatic hydroxyl groups excluding tert-OH is 1. The highest BCUT2D eigenvalue weighted by molar-refractivity contribution is 6.01. The van der Waals surface area contributed by atoms with Crippen LogP contribution in [0, 0.1) is 0 Å². The van der Waals surface area contributed by atoms with E-state index in [9.17, 15) is 15.0 Å². The molecule has 1 atom stereocenters. The summed E-state index contributed by atoms with van der Waals surface area (Å²) in [7, 11) is 0. The Bertz CT molecular complexity index is 955. The molecule has 4 rings (SSSR count). The molecule has 26 heavy (non-hydrogen) atoms. The van der Waals surface area contributed by atoms with Crippen molar-refractivity contribution < 1.29 is 19.7 Å². The number of carboxylic acid groups (broad SMARTS) is 1. The first kappa shape index (κ1) is 16.4. The second-order valence-electron chi connectivity index (χ2n) is 6.40. The topological polar surface area (TPSA) is 70.0 Å². The molecule has 5 heteroatoms. The van der Waals surface area contributed by atoms with Gasteiger partial charge in [-0.3, -0.25) is 4.90 Å². The first-order chi connectivity index (χ1) is 12.7. The number of benzene rings is 3. The van der Waals surface area contributed by atoms with Crippen LogP contribution >= 0.6 is 0 Å². The van der Waals surface area contributed by atoms with E-state index < -0.39 is 6.09 Å². The summed E-state index contributed by atoms with van der Waals surface area (Å²) < 4.78 is 6.05. The van der Waals surface area contributed by atoms with E-state index in [4.69, 9.17) is 4.74 Å². The van der Waals surface area contributed by atoms with Crippen LogP contribution in [0.4, 0.5) is 10.5 Å². The second-order valence-corrected chi connectivity index (χ2v) is 6.40. The zero-order chi connectivity index (χ0) is 18.1. The maximum absolute atomic E-state index is 11.7. The lowest BCUT2D eigenvalue weighted by molar-refractivity contribution is 0.201. The van der Waals surface area contributed by atoms with Crippen LogP contribution < -0.4 is 9.64 Å². The van der Waals surface area contributed by atoms with E-state index in [0.29, 0.717) is 18.0 Å². The van der Waals surface area contributed by atoms with Crippen molar-refractivity contribution >= 4 is 22.6 Å². The van der Waals surface area contributed by atoms with Gasteiger partial charge in [-0.2, -0.15) is 0 Å². The quantitative estimate of drug-likeness (QED) is 0.747. The summed E-state index contributed by atoms with van der Waals surface area (Å²) in [6, 6.07) is 19.4. The molecule has 1 amide bonds. The number of carbonyl (C=O) groups is 1. The maximum atomic E-state index is 11.7. The van der Waals surface area contributed by atoms with Gasteiger partial charge in [0.1, 0.15) is 12.4 Å². The number of nitrogens with zero attached hydrogens (tertiary/aromatic N) is 1. The van der Waals surface area contributed by atoms with Crippen molar-refractivity contribution in [2.24, 2.45) is 0 Å². The van der Waals surface area contributed by atoms with Crippen molar-refractivity contribution in [3.05, 3.63) is 71.8 Å². The summed E-state index contributed by atoms with van der Waals surface area (Å²) >= 11 is 0. The summed E-state index contributed by atoms with van der Waals surface area (Å²) in [5.74, 6) is 0.419. The van der Waals surface area contributed by atoms with Gasteiger partial charge in [-0.05, 0) is 16.5 Å². The minimum Gasteiger partial charge on any atom is -0.488 e. The Morgan fingerprint density at radius 2 is 1.77 bits per heavy atom. The molecule has 5 nitrogen and oxygen atoms in total. The number of aliphatic hydroxyl groups is 1. The summed E-state index contributed by atoms with van der Waals surface area (Å²) in [5, 5.41) is 21.1. The molecule has 1 aliphatic rings. The number of hydrogen-bond acceptors (Lipinski definition) is 3. The number of hydrogen-bond donors (Lipinski definition) is 2. The van der Waals surface area contributed by atoms with Crippen LogP contribution in [-0.4, -0.2) is 29.5 Å². The zero-order valence-corrected chi connectivity index (χ0v) is 14.1. The smallest absolute Gasteiger partial charge is 0.411 e. The van der Waals surface area contributed by atoms with Gasteiger partial charge in [-0.15, -0.1) is 0 Å². The molecule has 0 fully saturated rings. The lowest BCUT2D eigenvalue weighted by Crippen LogP contribution is -2.28. The minimum absolute atomic E-state index is 0.0923. The molecule has 0 unspecified atom stereocenters. The van der Waals surface area contributed by atoms with Crippen molar-refractivity contribution in [3.8, 4) is 5.75 Å². The van der Waals surface area contributed by atoms with Crippen LogP contribution in [0.5, 0.6) is 5.75 Å². The third-order valence-electron chi connectivity index (χ3n) is 4.82. The van der Waals surface area contributed by atoms with Crippen LogP contribution in [0.25, 0.3) is 10.8 Å². The van der Waals surface area contributed by atoms with E-state index in [-0.39, 0.29) is 19.1 Å². The zero-order valence-electron chi connectivity index (χ0n) is 14.1. The van der Waals surface area contributed by atoms with E-state index >= 15 is 0 Å². The van der Waals surface area contributed by atoms with Crippen LogP contribution in [0.3, 0.4) is 0 Å². The first-order valence-corrected chi connectivity index (χ1v) is 8.52. The number of anilines is 1. The van der Waals surface area contributed by atoms with Crippen molar-refractivity contribution in [1.29, 1.82) is 0 Å². The van der Waals surface area contributed by atoms with Gasteiger partial charge in [0.05, 0.1) is 12.3 Å². The van der Waals surface area contributed by atoms with Crippen molar-refractivity contribution in [3.63, 3.8) is 0 Å². The van der Waals surface area contributed by atoms with E-state index in [1.165, 1.54) is 4.90 Å². The van der Waals surface area contributed by atoms with Crippen LogP contribution in [0.15, 0.2) is 60.7 Å². The highest BCUT2D eigenvalue weighted by atomic mass is 16.5. The fraction of sp³-hybridized carbons (Fsp3) is 0.190. The van der Waals surface area contributed by atoms with Crippen molar-refractivity contribution in [1.82, 2.24) is 0 Å².